The van der Waals surface area contributed by atoms with Crippen LogP contribution in [0.1, 0.15) is 32.8 Å². The van der Waals surface area contributed by atoms with E-state index in [9.17, 15) is 9.18 Å². The largest absolute Gasteiger partial charge is 0.341 e. The summed E-state index contributed by atoms with van der Waals surface area (Å²) in [6.45, 7) is 9.45. The average Bonchev–Trinajstić information content (AvgIpc) is 2.64. The molecule has 1 saturated heterocycles. The third kappa shape index (κ3) is 4.27. The Morgan fingerprint density at radius 2 is 1.95 bits per heavy atom. The van der Waals surface area contributed by atoms with Crippen LogP contribution in [0.3, 0.4) is 0 Å². The summed E-state index contributed by atoms with van der Waals surface area (Å²) >= 11 is 0. The summed E-state index contributed by atoms with van der Waals surface area (Å²) in [7, 11) is 0. The van der Waals surface area contributed by atoms with Gasteiger partial charge in [-0.15, -0.1) is 0 Å². The van der Waals surface area contributed by atoms with Crippen LogP contribution < -0.4 is 0 Å². The van der Waals surface area contributed by atoms with Crippen molar-refractivity contribution in [3.8, 4) is 0 Å². The van der Waals surface area contributed by atoms with Crippen LogP contribution in [0.25, 0.3) is 0 Å². The molecule has 1 aromatic rings. The van der Waals surface area contributed by atoms with Crippen LogP contribution >= 0.6 is 0 Å². The van der Waals surface area contributed by atoms with Gasteiger partial charge in [-0.05, 0) is 30.0 Å². The van der Waals surface area contributed by atoms with Crippen LogP contribution in [-0.4, -0.2) is 41.4 Å². The molecule has 1 aromatic carbocycles. The molecule has 3 nitrogen and oxygen atoms in total. The molecule has 1 unspecified atom stereocenters. The van der Waals surface area contributed by atoms with Gasteiger partial charge in [0.05, 0.1) is 0 Å². The maximum Gasteiger partial charge on any atom is 0.219 e. The van der Waals surface area contributed by atoms with Crippen molar-refractivity contribution in [2.24, 2.45) is 5.92 Å². The molecule has 1 aliphatic heterocycles. The highest BCUT2D eigenvalue weighted by Crippen LogP contribution is 2.20. The number of amides is 1. The van der Waals surface area contributed by atoms with Crippen LogP contribution in [0, 0.1) is 11.7 Å². The van der Waals surface area contributed by atoms with E-state index in [0.29, 0.717) is 12.0 Å². The fourth-order valence-corrected chi connectivity index (χ4v) is 3.00. The van der Waals surface area contributed by atoms with Crippen molar-refractivity contribution < 1.29 is 9.18 Å². The first-order chi connectivity index (χ1) is 9.97. The van der Waals surface area contributed by atoms with E-state index in [1.165, 1.54) is 12.1 Å². The topological polar surface area (TPSA) is 23.6 Å². The van der Waals surface area contributed by atoms with E-state index in [1.807, 2.05) is 17.0 Å². The van der Waals surface area contributed by atoms with Gasteiger partial charge in [0.1, 0.15) is 5.82 Å². The molecule has 1 fully saturated rings. The molecule has 0 spiro atoms. The van der Waals surface area contributed by atoms with Crippen molar-refractivity contribution in [2.45, 2.75) is 39.8 Å². The van der Waals surface area contributed by atoms with Crippen molar-refractivity contribution in [1.82, 2.24) is 9.80 Å². The molecule has 0 aromatic heterocycles. The van der Waals surface area contributed by atoms with E-state index in [-0.39, 0.29) is 11.7 Å². The lowest BCUT2D eigenvalue weighted by atomic mass is 10.0. The molecule has 1 aliphatic rings. The Labute approximate surface area is 126 Å². The molecule has 116 valence electrons. The molecular weight excluding hydrogens is 267 g/mol. The third-order valence-electron chi connectivity index (χ3n) is 4.26. The highest BCUT2D eigenvalue weighted by atomic mass is 19.1. The van der Waals surface area contributed by atoms with Crippen LogP contribution in [0.4, 0.5) is 4.39 Å². The summed E-state index contributed by atoms with van der Waals surface area (Å²) in [6, 6.07) is 7.07. The van der Waals surface area contributed by atoms with Gasteiger partial charge in [0, 0.05) is 39.1 Å². The number of hydrogen-bond acceptors (Lipinski definition) is 2. The second-order valence-corrected chi connectivity index (χ2v) is 6.23. The average molecular weight is 292 g/mol. The van der Waals surface area contributed by atoms with Gasteiger partial charge in [0.25, 0.3) is 0 Å². The standard InChI is InChI=1S/C17H25FN2O/c1-13(2)17-12-19(14(3)21)9-4-10-20(17)11-15-5-7-16(18)8-6-15/h5-8,13,17H,4,9-12H2,1-3H3. The second kappa shape index (κ2) is 7.03. The number of nitrogens with zero attached hydrogens (tertiary/aromatic N) is 2. The van der Waals surface area contributed by atoms with Crippen LogP contribution in [0.2, 0.25) is 0 Å². The number of hydrogen-bond donors (Lipinski definition) is 0. The number of halogens is 1. The van der Waals surface area contributed by atoms with Crippen molar-refractivity contribution in [3.63, 3.8) is 0 Å². The quantitative estimate of drug-likeness (QED) is 0.855. The van der Waals surface area contributed by atoms with E-state index in [0.717, 1.165) is 38.2 Å². The smallest absolute Gasteiger partial charge is 0.219 e. The predicted octanol–water partition coefficient (Wildman–Crippen LogP) is 2.90. The van der Waals surface area contributed by atoms with Gasteiger partial charge in [-0.2, -0.15) is 0 Å². The van der Waals surface area contributed by atoms with Gasteiger partial charge in [-0.1, -0.05) is 26.0 Å². The monoisotopic (exact) mass is 292 g/mol. The predicted molar refractivity (Wildman–Crippen MR) is 82.3 cm³/mol. The van der Waals surface area contributed by atoms with Gasteiger partial charge in [0.15, 0.2) is 0 Å². The zero-order chi connectivity index (χ0) is 15.4. The summed E-state index contributed by atoms with van der Waals surface area (Å²) in [4.78, 5) is 16.1. The highest BCUT2D eigenvalue weighted by molar-refractivity contribution is 5.73. The van der Waals surface area contributed by atoms with Crippen LogP contribution in [0.15, 0.2) is 24.3 Å². The third-order valence-corrected chi connectivity index (χ3v) is 4.26. The summed E-state index contributed by atoms with van der Waals surface area (Å²) < 4.78 is 13.0. The van der Waals surface area contributed by atoms with Crippen molar-refractivity contribution >= 4 is 5.91 Å². The van der Waals surface area contributed by atoms with Crippen molar-refractivity contribution in [1.29, 1.82) is 0 Å². The Morgan fingerprint density at radius 1 is 1.29 bits per heavy atom. The molecule has 0 radical (unpaired) electrons. The molecule has 4 heteroatoms. The minimum atomic E-state index is -0.196. The summed E-state index contributed by atoms with van der Waals surface area (Å²) in [6.07, 6.45) is 0.990. The molecule has 0 N–H and O–H groups in total. The van der Waals surface area contributed by atoms with Crippen LogP contribution in [-0.2, 0) is 11.3 Å². The van der Waals surface area contributed by atoms with Crippen molar-refractivity contribution in [2.75, 3.05) is 19.6 Å². The molecule has 0 aliphatic carbocycles. The van der Waals surface area contributed by atoms with Gasteiger partial charge in [-0.25, -0.2) is 4.39 Å². The first-order valence-electron chi connectivity index (χ1n) is 7.71. The minimum Gasteiger partial charge on any atom is -0.341 e. The molecule has 21 heavy (non-hydrogen) atoms. The van der Waals surface area contributed by atoms with Crippen LogP contribution in [0.5, 0.6) is 0 Å². The maximum absolute atomic E-state index is 13.0. The Balaban J connectivity index is 2.12. The van der Waals surface area contributed by atoms with E-state index >= 15 is 0 Å². The zero-order valence-electron chi connectivity index (χ0n) is 13.2. The SMILES string of the molecule is CC(=O)N1CCCN(Cc2ccc(F)cc2)C(C(C)C)C1. The van der Waals surface area contributed by atoms with E-state index in [4.69, 9.17) is 0 Å². The number of carbonyl (C=O) groups excluding carboxylic acids is 1. The second-order valence-electron chi connectivity index (χ2n) is 6.23. The molecule has 1 amide bonds. The normalized spacial score (nSPS) is 20.6. The molecule has 0 bridgehead atoms. The first kappa shape index (κ1) is 16.0. The Kier molecular flexibility index (Phi) is 5.34. The first-order valence-corrected chi connectivity index (χ1v) is 7.71. The summed E-state index contributed by atoms with van der Waals surface area (Å²) in [5, 5.41) is 0. The van der Waals surface area contributed by atoms with Crippen molar-refractivity contribution in [3.05, 3.63) is 35.6 Å². The zero-order valence-corrected chi connectivity index (χ0v) is 13.2. The van der Waals surface area contributed by atoms with Gasteiger partial charge < -0.3 is 4.90 Å². The Hall–Kier alpha value is -1.42. The van der Waals surface area contributed by atoms with E-state index in [2.05, 4.69) is 18.7 Å². The van der Waals surface area contributed by atoms with E-state index in [1.54, 1.807) is 6.92 Å². The Morgan fingerprint density at radius 3 is 2.52 bits per heavy atom. The fourth-order valence-electron chi connectivity index (χ4n) is 3.00. The molecule has 2 rings (SSSR count). The summed E-state index contributed by atoms with van der Waals surface area (Å²) in [5.41, 5.74) is 1.12. The number of rotatable bonds is 3. The highest BCUT2D eigenvalue weighted by Gasteiger charge is 2.28. The molecule has 1 atom stereocenters. The fraction of sp³-hybridized carbons (Fsp3) is 0.588. The van der Waals surface area contributed by atoms with Gasteiger partial charge in [0.2, 0.25) is 5.91 Å². The molecule has 0 saturated carbocycles. The lowest BCUT2D eigenvalue weighted by Gasteiger charge is -2.34. The molecule has 1 heterocycles. The van der Waals surface area contributed by atoms with Gasteiger partial charge >= 0.3 is 0 Å². The van der Waals surface area contributed by atoms with E-state index < -0.39 is 0 Å². The minimum absolute atomic E-state index is 0.157. The number of benzene rings is 1. The molecular formula is C17H25FN2O. The number of carbonyl (C=O) groups is 1. The lowest BCUT2D eigenvalue weighted by molar-refractivity contribution is -0.129. The summed E-state index contributed by atoms with van der Waals surface area (Å²) in [5.74, 6) is 0.437. The maximum atomic E-state index is 13.0. The van der Waals surface area contributed by atoms with Gasteiger partial charge in [-0.3, -0.25) is 9.69 Å². The Bertz CT molecular complexity index is 472. The lowest BCUT2D eigenvalue weighted by Crippen LogP contribution is -2.45.